The van der Waals surface area contributed by atoms with Crippen LogP contribution in [0.2, 0.25) is 0 Å². The molecule has 3 rings (SSSR count). The largest absolute Gasteiger partial charge is 0.352 e. The van der Waals surface area contributed by atoms with Gasteiger partial charge in [-0.15, -0.1) is 11.6 Å². The molecule has 1 saturated carbocycles. The van der Waals surface area contributed by atoms with Gasteiger partial charge >= 0.3 is 0 Å². The van der Waals surface area contributed by atoms with E-state index in [-0.39, 0.29) is 17.8 Å². The number of fused-ring (bicyclic) bond motifs is 1. The molecule has 1 aromatic carbocycles. The van der Waals surface area contributed by atoms with Gasteiger partial charge in [0.25, 0.3) is 0 Å². The van der Waals surface area contributed by atoms with Crippen molar-refractivity contribution in [2.75, 3.05) is 5.88 Å². The maximum Gasteiger partial charge on any atom is 0.243 e. The van der Waals surface area contributed by atoms with Gasteiger partial charge in [-0.25, -0.2) is 9.37 Å². The summed E-state index contributed by atoms with van der Waals surface area (Å²) in [5.41, 5.74) is 1.32. The van der Waals surface area contributed by atoms with Crippen molar-refractivity contribution in [3.05, 3.63) is 29.8 Å². The van der Waals surface area contributed by atoms with Crippen molar-refractivity contribution in [3.63, 3.8) is 0 Å². The van der Waals surface area contributed by atoms with Crippen molar-refractivity contribution in [3.8, 4) is 0 Å². The van der Waals surface area contributed by atoms with Gasteiger partial charge in [-0.3, -0.25) is 4.79 Å². The van der Waals surface area contributed by atoms with Gasteiger partial charge in [-0.1, -0.05) is 0 Å². The minimum atomic E-state index is -0.390. The summed E-state index contributed by atoms with van der Waals surface area (Å²) < 4.78 is 15.2. The third-order valence-corrected chi connectivity index (χ3v) is 3.92. The first-order chi connectivity index (χ1) is 10.1. The number of carbonyl (C=O) groups is 1. The molecule has 6 heteroatoms. The van der Waals surface area contributed by atoms with E-state index in [0.717, 1.165) is 18.4 Å². The number of benzene rings is 1. The van der Waals surface area contributed by atoms with Gasteiger partial charge in [0, 0.05) is 24.4 Å². The molecule has 112 valence electrons. The lowest BCUT2D eigenvalue weighted by molar-refractivity contribution is -0.124. The molecule has 1 aromatic heterocycles. The summed E-state index contributed by atoms with van der Waals surface area (Å²) in [5.74, 6) is 0.753. The molecule has 4 nitrogen and oxygen atoms in total. The quantitative estimate of drug-likeness (QED) is 0.863. The van der Waals surface area contributed by atoms with Gasteiger partial charge in [-0.05, 0) is 31.9 Å². The number of aromatic nitrogens is 2. The number of hydrogen-bond donors (Lipinski definition) is 1. The molecule has 1 unspecified atom stereocenters. The Morgan fingerprint density at radius 2 is 2.33 bits per heavy atom. The molecule has 0 saturated heterocycles. The van der Waals surface area contributed by atoms with E-state index in [0.29, 0.717) is 29.7 Å². The molecule has 2 aromatic rings. The molecule has 21 heavy (non-hydrogen) atoms. The average molecular weight is 310 g/mol. The fraction of sp³-hybridized carbons (Fsp3) is 0.467. The Hall–Kier alpha value is -1.62. The normalized spacial score (nSPS) is 16.1. The van der Waals surface area contributed by atoms with Gasteiger partial charge in [-0.2, -0.15) is 0 Å². The summed E-state index contributed by atoms with van der Waals surface area (Å²) >= 11 is 5.82. The molecule has 1 N–H and O–H groups in total. The van der Waals surface area contributed by atoms with Crippen LogP contribution >= 0.6 is 11.6 Å². The topological polar surface area (TPSA) is 46.9 Å². The molecule has 1 amide bonds. The van der Waals surface area contributed by atoms with E-state index in [1.807, 2.05) is 11.5 Å². The van der Waals surface area contributed by atoms with Crippen molar-refractivity contribution in [1.29, 1.82) is 0 Å². The summed E-state index contributed by atoms with van der Waals surface area (Å²) in [5, 5.41) is 2.99. The maximum absolute atomic E-state index is 13.3. The van der Waals surface area contributed by atoms with Gasteiger partial charge in [0.1, 0.15) is 17.7 Å². The lowest BCUT2D eigenvalue weighted by Gasteiger charge is -2.17. The highest BCUT2D eigenvalue weighted by Gasteiger charge is 2.28. The molecule has 0 aliphatic heterocycles. The number of hydrogen-bond acceptors (Lipinski definition) is 2. The Kier molecular flexibility index (Phi) is 3.85. The van der Waals surface area contributed by atoms with Crippen molar-refractivity contribution in [1.82, 2.24) is 14.9 Å². The monoisotopic (exact) mass is 309 g/mol. The number of amides is 1. The number of aryl methyl sites for hydroxylation is 1. The van der Waals surface area contributed by atoms with Crippen LogP contribution in [0.1, 0.15) is 31.6 Å². The average Bonchev–Trinajstić information content (AvgIpc) is 3.18. The Morgan fingerprint density at radius 3 is 3.00 bits per heavy atom. The predicted octanol–water partition coefficient (Wildman–Crippen LogP) is 2.80. The molecule has 0 bridgehead atoms. The molecular weight excluding hydrogens is 293 g/mol. The number of imidazole rings is 1. The summed E-state index contributed by atoms with van der Waals surface area (Å²) in [7, 11) is 0. The molecular formula is C15H17ClFN3O. The van der Waals surface area contributed by atoms with Crippen molar-refractivity contribution in [2.24, 2.45) is 0 Å². The second-order valence-corrected chi connectivity index (χ2v) is 5.81. The van der Waals surface area contributed by atoms with Gasteiger partial charge in [0.05, 0.1) is 11.0 Å². The predicted molar refractivity (Wildman–Crippen MR) is 80.0 cm³/mol. The van der Waals surface area contributed by atoms with E-state index in [1.165, 1.54) is 12.1 Å². The van der Waals surface area contributed by atoms with E-state index >= 15 is 0 Å². The van der Waals surface area contributed by atoms with Crippen LogP contribution in [0.4, 0.5) is 4.39 Å². The first kappa shape index (κ1) is 14.3. The first-order valence-electron chi connectivity index (χ1n) is 7.13. The SMILES string of the molecule is CC(C(=O)NC1CC1)n1c(CCCl)nc2cc(F)ccc21. The van der Waals surface area contributed by atoms with E-state index in [2.05, 4.69) is 10.3 Å². The molecule has 0 radical (unpaired) electrons. The van der Waals surface area contributed by atoms with Crippen LogP contribution in [0.15, 0.2) is 18.2 Å². The van der Waals surface area contributed by atoms with Crippen LogP contribution in [0, 0.1) is 5.82 Å². The highest BCUT2D eigenvalue weighted by molar-refractivity contribution is 6.17. The first-order valence-corrected chi connectivity index (χ1v) is 7.66. The molecule has 1 aliphatic rings. The minimum Gasteiger partial charge on any atom is -0.352 e. The fourth-order valence-corrected chi connectivity index (χ4v) is 2.65. The van der Waals surface area contributed by atoms with Crippen LogP contribution in [-0.2, 0) is 11.2 Å². The summed E-state index contributed by atoms with van der Waals surface area (Å²) in [4.78, 5) is 16.7. The highest BCUT2D eigenvalue weighted by Crippen LogP contribution is 2.25. The summed E-state index contributed by atoms with van der Waals surface area (Å²) in [6, 6.07) is 4.35. The zero-order chi connectivity index (χ0) is 15.0. The lowest BCUT2D eigenvalue weighted by atomic mass is 10.2. The molecule has 1 heterocycles. The van der Waals surface area contributed by atoms with Crippen LogP contribution in [0.25, 0.3) is 11.0 Å². The second-order valence-electron chi connectivity index (χ2n) is 5.43. The Labute approximate surface area is 127 Å². The fourth-order valence-electron chi connectivity index (χ4n) is 2.48. The number of nitrogens with zero attached hydrogens (tertiary/aromatic N) is 2. The van der Waals surface area contributed by atoms with E-state index in [1.54, 1.807) is 6.07 Å². The van der Waals surface area contributed by atoms with Crippen LogP contribution < -0.4 is 5.32 Å². The number of nitrogens with one attached hydrogen (secondary N) is 1. The smallest absolute Gasteiger partial charge is 0.243 e. The summed E-state index contributed by atoms with van der Waals surface area (Å²) in [6.45, 7) is 1.83. The van der Waals surface area contributed by atoms with Crippen LogP contribution in [0.5, 0.6) is 0 Å². The summed E-state index contributed by atoms with van der Waals surface area (Å²) in [6.07, 6.45) is 2.63. The standard InChI is InChI=1S/C15H17ClFN3O/c1-9(15(21)18-11-3-4-11)20-13-5-2-10(17)8-12(13)19-14(20)6-7-16/h2,5,8-9,11H,3-4,6-7H2,1H3,(H,18,21). The van der Waals surface area contributed by atoms with Gasteiger partial charge < -0.3 is 9.88 Å². The van der Waals surface area contributed by atoms with Crippen LogP contribution in [0.3, 0.4) is 0 Å². The number of carbonyl (C=O) groups excluding carboxylic acids is 1. The van der Waals surface area contributed by atoms with Gasteiger partial charge in [0.2, 0.25) is 5.91 Å². The number of rotatable bonds is 5. The number of alkyl halides is 1. The van der Waals surface area contributed by atoms with E-state index < -0.39 is 0 Å². The Morgan fingerprint density at radius 1 is 1.57 bits per heavy atom. The highest BCUT2D eigenvalue weighted by atomic mass is 35.5. The minimum absolute atomic E-state index is 0.0306. The van der Waals surface area contributed by atoms with Gasteiger partial charge in [0.15, 0.2) is 0 Å². The Bertz CT molecular complexity index is 681. The van der Waals surface area contributed by atoms with Crippen LogP contribution in [-0.4, -0.2) is 27.4 Å². The second kappa shape index (κ2) is 5.64. The van der Waals surface area contributed by atoms with E-state index in [9.17, 15) is 9.18 Å². The molecule has 1 aliphatic carbocycles. The molecule has 0 spiro atoms. The third kappa shape index (κ3) is 2.88. The van der Waals surface area contributed by atoms with Crippen molar-refractivity contribution >= 4 is 28.5 Å². The lowest BCUT2D eigenvalue weighted by Crippen LogP contribution is -2.33. The zero-order valence-electron chi connectivity index (χ0n) is 11.8. The Balaban J connectivity index is 2.00. The molecule has 1 fully saturated rings. The van der Waals surface area contributed by atoms with Crippen molar-refractivity contribution in [2.45, 2.75) is 38.3 Å². The van der Waals surface area contributed by atoms with E-state index in [4.69, 9.17) is 11.6 Å². The zero-order valence-corrected chi connectivity index (χ0v) is 12.5. The van der Waals surface area contributed by atoms with Crippen molar-refractivity contribution < 1.29 is 9.18 Å². The maximum atomic E-state index is 13.3. The number of halogens is 2. The molecule has 1 atom stereocenters. The third-order valence-electron chi connectivity index (χ3n) is 3.73.